The fourth-order valence-electron chi connectivity index (χ4n) is 2.25. The molecule has 0 saturated heterocycles. The second-order valence-electron chi connectivity index (χ2n) is 6.00. The largest absolute Gasteiger partial charge is 0.465 e. The Kier molecular flexibility index (Phi) is 8.51. The van der Waals surface area contributed by atoms with E-state index in [2.05, 4.69) is 0 Å². The molecule has 0 aromatic rings. The monoisotopic (exact) mass is 286 g/mol. The van der Waals surface area contributed by atoms with Gasteiger partial charge in [0, 0.05) is 0 Å². The fourth-order valence-corrected chi connectivity index (χ4v) is 2.25. The molecule has 0 radical (unpaired) electrons. The van der Waals surface area contributed by atoms with Crippen molar-refractivity contribution in [2.75, 3.05) is 13.2 Å². The maximum atomic E-state index is 12.5. The van der Waals surface area contributed by atoms with Gasteiger partial charge >= 0.3 is 11.9 Å². The van der Waals surface area contributed by atoms with Crippen LogP contribution in [0.25, 0.3) is 0 Å². The van der Waals surface area contributed by atoms with Gasteiger partial charge in [0.25, 0.3) is 0 Å². The smallest absolute Gasteiger partial charge is 0.323 e. The van der Waals surface area contributed by atoms with Gasteiger partial charge in [-0.05, 0) is 31.1 Å². The lowest BCUT2D eigenvalue weighted by atomic mass is 9.71. The van der Waals surface area contributed by atoms with Crippen LogP contribution in [0, 0.1) is 17.3 Å². The standard InChI is InChI=1S/C16H30O4/c1-7-9-19-14(17)16(13(5)6,11-12(3)4)15(18)20-10-8-2/h12-13H,7-11H2,1-6H3. The van der Waals surface area contributed by atoms with Crippen LogP contribution in [-0.4, -0.2) is 25.2 Å². The molecule has 20 heavy (non-hydrogen) atoms. The molecule has 0 aromatic carbocycles. The number of ether oxygens (including phenoxy) is 2. The molecule has 0 N–H and O–H groups in total. The molecule has 0 unspecified atom stereocenters. The first-order valence-corrected chi connectivity index (χ1v) is 7.67. The van der Waals surface area contributed by atoms with Crippen LogP contribution in [0.5, 0.6) is 0 Å². The van der Waals surface area contributed by atoms with Crippen LogP contribution in [0.1, 0.15) is 60.8 Å². The van der Waals surface area contributed by atoms with E-state index >= 15 is 0 Å². The first kappa shape index (κ1) is 18.9. The van der Waals surface area contributed by atoms with E-state index in [4.69, 9.17) is 9.47 Å². The summed E-state index contributed by atoms with van der Waals surface area (Å²) < 4.78 is 10.6. The predicted molar refractivity (Wildman–Crippen MR) is 79.2 cm³/mol. The maximum Gasteiger partial charge on any atom is 0.323 e. The molecule has 4 heteroatoms. The van der Waals surface area contributed by atoms with Crippen LogP contribution in [0.15, 0.2) is 0 Å². The Morgan fingerprint density at radius 2 is 1.30 bits per heavy atom. The normalized spacial score (nSPS) is 11.8. The minimum Gasteiger partial charge on any atom is -0.465 e. The average molecular weight is 286 g/mol. The van der Waals surface area contributed by atoms with E-state index in [0.717, 1.165) is 12.8 Å². The lowest BCUT2D eigenvalue weighted by Gasteiger charge is -2.34. The van der Waals surface area contributed by atoms with Gasteiger partial charge < -0.3 is 9.47 Å². The van der Waals surface area contributed by atoms with Crippen molar-refractivity contribution >= 4 is 11.9 Å². The summed E-state index contributed by atoms with van der Waals surface area (Å²) in [5, 5.41) is 0. The minimum atomic E-state index is -1.18. The summed E-state index contributed by atoms with van der Waals surface area (Å²) >= 11 is 0. The summed E-state index contributed by atoms with van der Waals surface area (Å²) in [5.74, 6) is -0.826. The molecule has 0 heterocycles. The van der Waals surface area contributed by atoms with Gasteiger partial charge in [-0.1, -0.05) is 41.5 Å². The van der Waals surface area contributed by atoms with Crippen molar-refractivity contribution in [3.05, 3.63) is 0 Å². The molecule has 0 aromatic heterocycles. The number of rotatable bonds is 9. The van der Waals surface area contributed by atoms with E-state index in [0.29, 0.717) is 19.6 Å². The van der Waals surface area contributed by atoms with Crippen LogP contribution in [0.4, 0.5) is 0 Å². The van der Waals surface area contributed by atoms with Gasteiger partial charge in [0.1, 0.15) is 0 Å². The van der Waals surface area contributed by atoms with Crippen molar-refractivity contribution < 1.29 is 19.1 Å². The zero-order chi connectivity index (χ0) is 15.8. The molecule has 118 valence electrons. The van der Waals surface area contributed by atoms with Gasteiger partial charge in [0.05, 0.1) is 13.2 Å². The molecule has 0 aliphatic heterocycles. The topological polar surface area (TPSA) is 52.6 Å². The van der Waals surface area contributed by atoms with E-state index in [9.17, 15) is 9.59 Å². The summed E-state index contributed by atoms with van der Waals surface area (Å²) in [4.78, 5) is 25.0. The number of esters is 2. The number of hydrogen-bond donors (Lipinski definition) is 0. The molecule has 0 saturated carbocycles. The molecule has 0 aliphatic carbocycles. The molecule has 0 fully saturated rings. The van der Waals surface area contributed by atoms with E-state index in [1.54, 1.807) is 0 Å². The van der Waals surface area contributed by atoms with Gasteiger partial charge in [-0.3, -0.25) is 9.59 Å². The SMILES string of the molecule is CCCOC(=O)C(CC(C)C)(C(=O)OCCC)C(C)C. The molecule has 0 atom stereocenters. The Balaban J connectivity index is 5.34. The summed E-state index contributed by atoms with van der Waals surface area (Å²) in [7, 11) is 0. The molecular weight excluding hydrogens is 256 g/mol. The lowest BCUT2D eigenvalue weighted by molar-refractivity contribution is -0.178. The van der Waals surface area contributed by atoms with Crippen LogP contribution >= 0.6 is 0 Å². The summed E-state index contributed by atoms with van der Waals surface area (Å²) in [6.45, 7) is 12.3. The minimum absolute atomic E-state index is 0.154. The van der Waals surface area contributed by atoms with Crippen LogP contribution in [0.3, 0.4) is 0 Å². The number of carbonyl (C=O) groups excluding carboxylic acids is 2. The number of hydrogen-bond acceptors (Lipinski definition) is 4. The van der Waals surface area contributed by atoms with Crippen LogP contribution in [-0.2, 0) is 19.1 Å². The fraction of sp³-hybridized carbons (Fsp3) is 0.875. The third-order valence-corrected chi connectivity index (χ3v) is 3.32. The molecule has 0 spiro atoms. The molecule has 0 bridgehead atoms. The van der Waals surface area contributed by atoms with Gasteiger partial charge in [-0.25, -0.2) is 0 Å². The Hall–Kier alpha value is -1.06. The van der Waals surface area contributed by atoms with Crippen LogP contribution in [0.2, 0.25) is 0 Å². The maximum absolute atomic E-state index is 12.5. The third kappa shape index (κ3) is 4.80. The Morgan fingerprint density at radius 3 is 1.55 bits per heavy atom. The van der Waals surface area contributed by atoms with Crippen molar-refractivity contribution in [3.8, 4) is 0 Å². The van der Waals surface area contributed by atoms with Crippen LogP contribution < -0.4 is 0 Å². The van der Waals surface area contributed by atoms with E-state index < -0.39 is 17.4 Å². The molecule has 0 amide bonds. The molecule has 0 rings (SSSR count). The van der Waals surface area contributed by atoms with E-state index in [1.807, 2.05) is 41.5 Å². The predicted octanol–water partition coefficient (Wildman–Crippen LogP) is 3.58. The van der Waals surface area contributed by atoms with Crippen molar-refractivity contribution in [2.45, 2.75) is 60.8 Å². The second-order valence-corrected chi connectivity index (χ2v) is 6.00. The first-order valence-electron chi connectivity index (χ1n) is 7.67. The van der Waals surface area contributed by atoms with Gasteiger partial charge in [-0.15, -0.1) is 0 Å². The lowest BCUT2D eigenvalue weighted by Crippen LogP contribution is -2.47. The van der Waals surface area contributed by atoms with Gasteiger partial charge in [-0.2, -0.15) is 0 Å². The average Bonchev–Trinajstić information content (AvgIpc) is 2.38. The van der Waals surface area contributed by atoms with Crippen molar-refractivity contribution in [1.29, 1.82) is 0 Å². The summed E-state index contributed by atoms with van der Waals surface area (Å²) in [6, 6.07) is 0. The van der Waals surface area contributed by atoms with Gasteiger partial charge in [0.2, 0.25) is 0 Å². The second kappa shape index (κ2) is 8.98. The number of carbonyl (C=O) groups is 2. The van der Waals surface area contributed by atoms with Crippen molar-refractivity contribution in [3.63, 3.8) is 0 Å². The molecule has 4 nitrogen and oxygen atoms in total. The van der Waals surface area contributed by atoms with E-state index in [-0.39, 0.29) is 11.8 Å². The third-order valence-electron chi connectivity index (χ3n) is 3.32. The van der Waals surface area contributed by atoms with Gasteiger partial charge in [0.15, 0.2) is 5.41 Å². The summed E-state index contributed by atoms with van der Waals surface area (Å²) in [6.07, 6.45) is 1.94. The quantitative estimate of drug-likeness (QED) is 0.480. The Bertz CT molecular complexity index is 288. The Morgan fingerprint density at radius 1 is 0.900 bits per heavy atom. The zero-order valence-electron chi connectivity index (χ0n) is 13.8. The highest BCUT2D eigenvalue weighted by atomic mass is 16.6. The highest BCUT2D eigenvalue weighted by Crippen LogP contribution is 2.38. The van der Waals surface area contributed by atoms with Crippen molar-refractivity contribution in [2.24, 2.45) is 17.3 Å². The molecular formula is C16H30O4. The Labute approximate surface area is 123 Å². The zero-order valence-corrected chi connectivity index (χ0v) is 13.8. The molecule has 0 aliphatic rings. The summed E-state index contributed by atoms with van der Waals surface area (Å²) in [5.41, 5.74) is -1.18. The highest BCUT2D eigenvalue weighted by Gasteiger charge is 2.51. The first-order chi connectivity index (χ1) is 9.32. The highest BCUT2D eigenvalue weighted by molar-refractivity contribution is 6.00. The van der Waals surface area contributed by atoms with E-state index in [1.165, 1.54) is 0 Å². The van der Waals surface area contributed by atoms with Crippen molar-refractivity contribution in [1.82, 2.24) is 0 Å².